The maximum atomic E-state index is 12.8. The molecule has 1 aromatic rings. The van der Waals surface area contributed by atoms with Crippen LogP contribution < -0.4 is 0 Å². The third kappa shape index (κ3) is 2.04. The molecule has 0 bridgehead atoms. The minimum Gasteiger partial charge on any atom is -0.481 e. The standard InChI is InChI=1S/C9H5F2NO2/c10-7-2-5(3-8(13)14)1-6(4-12)9(7)11/h1-2H,3H2,(H,13,14). The minimum absolute atomic E-state index is 0.0629. The Morgan fingerprint density at radius 1 is 1.50 bits per heavy atom. The van der Waals surface area contributed by atoms with Gasteiger partial charge in [0.1, 0.15) is 6.07 Å². The molecule has 1 N–H and O–H groups in total. The third-order valence-electron chi connectivity index (χ3n) is 1.56. The molecule has 0 spiro atoms. The highest BCUT2D eigenvalue weighted by Gasteiger charge is 2.11. The number of carboxylic acid groups (broad SMARTS) is 1. The molecule has 0 atom stereocenters. The second-order valence-corrected chi connectivity index (χ2v) is 2.62. The number of benzene rings is 1. The van der Waals surface area contributed by atoms with Crippen LogP contribution in [0.5, 0.6) is 0 Å². The Hall–Kier alpha value is -1.96. The van der Waals surface area contributed by atoms with Gasteiger partial charge >= 0.3 is 5.97 Å². The fourth-order valence-electron chi connectivity index (χ4n) is 1.00. The summed E-state index contributed by atoms with van der Waals surface area (Å²) in [5.41, 5.74) is -0.422. The van der Waals surface area contributed by atoms with Crippen molar-refractivity contribution in [1.29, 1.82) is 5.26 Å². The number of halogens is 2. The number of rotatable bonds is 2. The van der Waals surface area contributed by atoms with Gasteiger partial charge in [-0.3, -0.25) is 4.79 Å². The van der Waals surface area contributed by atoms with Gasteiger partial charge in [0, 0.05) is 0 Å². The average Bonchev–Trinajstić information content (AvgIpc) is 2.10. The van der Waals surface area contributed by atoms with Gasteiger partial charge in [-0.2, -0.15) is 5.26 Å². The largest absolute Gasteiger partial charge is 0.481 e. The molecule has 1 aromatic carbocycles. The van der Waals surface area contributed by atoms with E-state index in [1.807, 2.05) is 0 Å². The third-order valence-corrected chi connectivity index (χ3v) is 1.56. The molecule has 0 radical (unpaired) electrons. The zero-order chi connectivity index (χ0) is 10.7. The van der Waals surface area contributed by atoms with Crippen molar-refractivity contribution in [3.63, 3.8) is 0 Å². The number of nitrogens with zero attached hydrogens (tertiary/aromatic N) is 1. The van der Waals surface area contributed by atoms with Crippen LogP contribution in [-0.4, -0.2) is 11.1 Å². The highest BCUT2D eigenvalue weighted by molar-refractivity contribution is 5.70. The minimum atomic E-state index is -1.25. The molecule has 0 aromatic heterocycles. The number of aliphatic carboxylic acids is 1. The SMILES string of the molecule is N#Cc1cc(CC(=O)O)cc(F)c1F. The molecule has 0 fully saturated rings. The van der Waals surface area contributed by atoms with E-state index in [0.29, 0.717) is 0 Å². The van der Waals surface area contributed by atoms with Crippen molar-refractivity contribution in [3.8, 4) is 6.07 Å². The van der Waals surface area contributed by atoms with Crippen LogP contribution in [0.15, 0.2) is 12.1 Å². The molecule has 0 aliphatic carbocycles. The molecule has 0 unspecified atom stereocenters. The first-order chi connectivity index (χ1) is 6.54. The Labute approximate surface area is 78.2 Å². The monoisotopic (exact) mass is 197 g/mol. The molecular weight excluding hydrogens is 192 g/mol. The predicted molar refractivity (Wildman–Crippen MR) is 42.4 cm³/mol. The molecule has 5 heteroatoms. The molecule has 72 valence electrons. The molecule has 0 aliphatic rings. The van der Waals surface area contributed by atoms with Gasteiger partial charge in [0.25, 0.3) is 0 Å². The van der Waals surface area contributed by atoms with Gasteiger partial charge in [0.15, 0.2) is 11.6 Å². The van der Waals surface area contributed by atoms with Gasteiger partial charge in [-0.1, -0.05) is 0 Å². The van der Waals surface area contributed by atoms with Crippen LogP contribution in [-0.2, 0) is 11.2 Å². The average molecular weight is 197 g/mol. The highest BCUT2D eigenvalue weighted by atomic mass is 19.2. The summed E-state index contributed by atoms with van der Waals surface area (Å²) >= 11 is 0. The van der Waals surface area contributed by atoms with E-state index < -0.39 is 29.6 Å². The fraction of sp³-hybridized carbons (Fsp3) is 0.111. The maximum Gasteiger partial charge on any atom is 0.307 e. The summed E-state index contributed by atoms with van der Waals surface area (Å²) in [5.74, 6) is -3.62. The summed E-state index contributed by atoms with van der Waals surface area (Å²) in [6.45, 7) is 0. The molecule has 14 heavy (non-hydrogen) atoms. The summed E-state index contributed by atoms with van der Waals surface area (Å²) in [5, 5.41) is 16.8. The fourth-order valence-corrected chi connectivity index (χ4v) is 1.00. The topological polar surface area (TPSA) is 61.1 Å². The quantitative estimate of drug-likeness (QED) is 0.780. The molecule has 0 aliphatic heterocycles. The van der Waals surface area contributed by atoms with E-state index in [-0.39, 0.29) is 5.56 Å². The van der Waals surface area contributed by atoms with E-state index >= 15 is 0 Å². The molecule has 3 nitrogen and oxygen atoms in total. The Balaban J connectivity index is 3.18. The number of carboxylic acids is 1. The Kier molecular flexibility index (Phi) is 2.77. The summed E-state index contributed by atoms with van der Waals surface area (Å²) in [4.78, 5) is 10.3. The first kappa shape index (κ1) is 10.1. The van der Waals surface area contributed by atoms with E-state index in [4.69, 9.17) is 10.4 Å². The Morgan fingerprint density at radius 2 is 2.14 bits per heavy atom. The molecule has 0 amide bonds. The van der Waals surface area contributed by atoms with E-state index in [1.165, 1.54) is 6.07 Å². The van der Waals surface area contributed by atoms with E-state index in [2.05, 4.69) is 0 Å². The smallest absolute Gasteiger partial charge is 0.307 e. The molecule has 0 saturated heterocycles. The van der Waals surface area contributed by atoms with Crippen molar-refractivity contribution in [2.45, 2.75) is 6.42 Å². The second-order valence-electron chi connectivity index (χ2n) is 2.62. The molecular formula is C9H5F2NO2. The van der Waals surface area contributed by atoms with Crippen LogP contribution in [0.4, 0.5) is 8.78 Å². The second kappa shape index (κ2) is 3.83. The zero-order valence-electron chi connectivity index (χ0n) is 6.92. The Morgan fingerprint density at radius 3 is 2.64 bits per heavy atom. The molecule has 0 saturated carbocycles. The maximum absolute atomic E-state index is 12.8. The number of hydrogen-bond donors (Lipinski definition) is 1. The van der Waals surface area contributed by atoms with Gasteiger partial charge in [0.2, 0.25) is 0 Å². The van der Waals surface area contributed by atoms with Crippen molar-refractivity contribution >= 4 is 5.97 Å². The van der Waals surface area contributed by atoms with Gasteiger partial charge < -0.3 is 5.11 Å². The first-order valence-electron chi connectivity index (χ1n) is 3.64. The number of carbonyl (C=O) groups is 1. The summed E-state index contributed by atoms with van der Waals surface area (Å²) in [6, 6.07) is 3.23. The van der Waals surface area contributed by atoms with Crippen LogP contribution in [0.1, 0.15) is 11.1 Å². The number of hydrogen-bond acceptors (Lipinski definition) is 2. The van der Waals surface area contributed by atoms with Gasteiger partial charge in [0.05, 0.1) is 12.0 Å². The van der Waals surface area contributed by atoms with E-state index in [0.717, 1.165) is 12.1 Å². The zero-order valence-corrected chi connectivity index (χ0v) is 6.92. The van der Waals surface area contributed by atoms with Crippen LogP contribution in [0.3, 0.4) is 0 Å². The van der Waals surface area contributed by atoms with Gasteiger partial charge in [-0.15, -0.1) is 0 Å². The molecule has 0 heterocycles. The number of nitriles is 1. The summed E-state index contributed by atoms with van der Waals surface area (Å²) < 4.78 is 25.5. The van der Waals surface area contributed by atoms with Gasteiger partial charge in [-0.25, -0.2) is 8.78 Å². The lowest BCUT2D eigenvalue weighted by atomic mass is 10.1. The van der Waals surface area contributed by atoms with Crippen molar-refractivity contribution in [1.82, 2.24) is 0 Å². The van der Waals surface area contributed by atoms with E-state index in [9.17, 15) is 13.6 Å². The predicted octanol–water partition coefficient (Wildman–Crippen LogP) is 1.46. The summed E-state index contributed by atoms with van der Waals surface area (Å²) in [6.07, 6.45) is -0.439. The Bertz CT molecular complexity index is 424. The summed E-state index contributed by atoms with van der Waals surface area (Å²) in [7, 11) is 0. The van der Waals surface area contributed by atoms with Crippen LogP contribution in [0.25, 0.3) is 0 Å². The van der Waals surface area contributed by atoms with Crippen molar-refractivity contribution in [3.05, 3.63) is 34.9 Å². The van der Waals surface area contributed by atoms with Crippen LogP contribution in [0.2, 0.25) is 0 Å². The highest BCUT2D eigenvalue weighted by Crippen LogP contribution is 2.14. The lowest BCUT2D eigenvalue weighted by Crippen LogP contribution is -2.02. The lowest BCUT2D eigenvalue weighted by molar-refractivity contribution is -0.136. The van der Waals surface area contributed by atoms with E-state index in [1.54, 1.807) is 0 Å². The normalized spacial score (nSPS) is 9.50. The molecule has 1 rings (SSSR count). The van der Waals surface area contributed by atoms with Crippen LogP contribution >= 0.6 is 0 Å². The van der Waals surface area contributed by atoms with Crippen LogP contribution in [0, 0.1) is 23.0 Å². The lowest BCUT2D eigenvalue weighted by Gasteiger charge is -2.00. The van der Waals surface area contributed by atoms with Crippen molar-refractivity contribution in [2.24, 2.45) is 0 Å². The van der Waals surface area contributed by atoms with Gasteiger partial charge in [-0.05, 0) is 17.7 Å². The van der Waals surface area contributed by atoms with Crippen molar-refractivity contribution < 1.29 is 18.7 Å². The van der Waals surface area contributed by atoms with Crippen molar-refractivity contribution in [2.75, 3.05) is 0 Å². The first-order valence-corrected chi connectivity index (χ1v) is 3.64.